The quantitative estimate of drug-likeness (QED) is 0.689. The minimum absolute atomic E-state index is 0. The lowest BCUT2D eigenvalue weighted by Gasteiger charge is -2.18. The van der Waals surface area contributed by atoms with Crippen LogP contribution in [0, 0.1) is 0 Å². The van der Waals surface area contributed by atoms with Crippen LogP contribution < -0.4 is 4.74 Å². The molecule has 0 bridgehead atoms. The van der Waals surface area contributed by atoms with Crippen LogP contribution in [-0.4, -0.2) is 36.2 Å². The Balaban J connectivity index is 0.00000312. The summed E-state index contributed by atoms with van der Waals surface area (Å²) in [5, 5.41) is 9.36. The highest BCUT2D eigenvalue weighted by Crippen LogP contribution is 2.23. The average molecular weight is 364 g/mol. The van der Waals surface area contributed by atoms with Crippen molar-refractivity contribution in [3.05, 3.63) is 59.7 Å². The van der Waals surface area contributed by atoms with Crippen molar-refractivity contribution in [3.63, 3.8) is 0 Å². The largest absolute Gasteiger partial charge is 0.508 e. The van der Waals surface area contributed by atoms with Gasteiger partial charge in [0, 0.05) is 6.54 Å². The van der Waals surface area contributed by atoms with E-state index in [1.54, 1.807) is 12.1 Å². The third-order valence-corrected chi connectivity index (χ3v) is 4.50. The van der Waals surface area contributed by atoms with Crippen molar-refractivity contribution in [1.29, 1.82) is 0 Å². The summed E-state index contributed by atoms with van der Waals surface area (Å²) < 4.78 is 5.84. The van der Waals surface area contributed by atoms with Crippen LogP contribution in [0.15, 0.2) is 48.5 Å². The summed E-state index contributed by atoms with van der Waals surface area (Å²) in [5.41, 5.74) is 2.54. The lowest BCUT2D eigenvalue weighted by atomic mass is 9.94. The molecule has 0 aliphatic rings. The van der Waals surface area contributed by atoms with Gasteiger partial charge in [0.25, 0.3) is 0 Å². The zero-order valence-electron chi connectivity index (χ0n) is 15.4. The molecule has 0 saturated carbocycles. The first-order chi connectivity index (χ1) is 11.6. The van der Waals surface area contributed by atoms with E-state index in [4.69, 9.17) is 4.74 Å². The van der Waals surface area contributed by atoms with Gasteiger partial charge < -0.3 is 14.7 Å². The molecule has 0 fully saturated rings. The fourth-order valence-corrected chi connectivity index (χ4v) is 2.83. The first-order valence-electron chi connectivity index (χ1n) is 8.85. The molecule has 0 spiro atoms. The van der Waals surface area contributed by atoms with Crippen molar-refractivity contribution in [1.82, 2.24) is 4.90 Å². The van der Waals surface area contributed by atoms with Gasteiger partial charge >= 0.3 is 0 Å². The molecule has 0 amide bonds. The van der Waals surface area contributed by atoms with E-state index in [1.165, 1.54) is 11.1 Å². The van der Waals surface area contributed by atoms with Crippen molar-refractivity contribution in [2.45, 2.75) is 33.1 Å². The summed E-state index contributed by atoms with van der Waals surface area (Å²) in [4.78, 5) is 2.36. The molecule has 0 aromatic heterocycles. The average Bonchev–Trinajstić information content (AvgIpc) is 2.61. The van der Waals surface area contributed by atoms with Gasteiger partial charge in [-0.2, -0.15) is 0 Å². The molecule has 1 unspecified atom stereocenters. The van der Waals surface area contributed by atoms with E-state index >= 15 is 0 Å². The van der Waals surface area contributed by atoms with Gasteiger partial charge in [0.1, 0.15) is 18.1 Å². The zero-order valence-corrected chi connectivity index (χ0v) is 16.3. The molecule has 2 aromatic carbocycles. The SMILES string of the molecule is CCN(CC)CCOc1ccc(C(C)Cc2ccc(O)cc2)cc1.Cl. The van der Waals surface area contributed by atoms with E-state index < -0.39 is 0 Å². The number of likely N-dealkylation sites (N-methyl/N-ethyl adjacent to an activating group) is 1. The maximum absolute atomic E-state index is 9.36. The van der Waals surface area contributed by atoms with E-state index in [0.717, 1.165) is 38.4 Å². The molecule has 4 heteroatoms. The summed E-state index contributed by atoms with van der Waals surface area (Å²) >= 11 is 0. The number of aromatic hydroxyl groups is 1. The first-order valence-corrected chi connectivity index (χ1v) is 8.85. The van der Waals surface area contributed by atoms with Crippen LogP contribution in [0.5, 0.6) is 11.5 Å². The number of phenols is 1. The van der Waals surface area contributed by atoms with E-state index in [1.807, 2.05) is 12.1 Å². The van der Waals surface area contributed by atoms with Gasteiger partial charge in [-0.3, -0.25) is 0 Å². The maximum Gasteiger partial charge on any atom is 0.119 e. The van der Waals surface area contributed by atoms with Crippen molar-refractivity contribution >= 4 is 12.4 Å². The van der Waals surface area contributed by atoms with E-state index in [0.29, 0.717) is 11.7 Å². The lowest BCUT2D eigenvalue weighted by molar-refractivity contribution is 0.223. The number of hydrogen-bond acceptors (Lipinski definition) is 3. The van der Waals surface area contributed by atoms with Crippen LogP contribution in [-0.2, 0) is 6.42 Å². The Morgan fingerprint density at radius 2 is 1.56 bits per heavy atom. The smallest absolute Gasteiger partial charge is 0.119 e. The van der Waals surface area contributed by atoms with Gasteiger partial charge in [-0.25, -0.2) is 0 Å². The van der Waals surface area contributed by atoms with Crippen molar-refractivity contribution in [2.24, 2.45) is 0 Å². The highest BCUT2D eigenvalue weighted by molar-refractivity contribution is 5.85. The molecule has 1 atom stereocenters. The molecule has 0 saturated heterocycles. The third kappa shape index (κ3) is 6.97. The Morgan fingerprint density at radius 3 is 2.12 bits per heavy atom. The van der Waals surface area contributed by atoms with Crippen molar-refractivity contribution in [3.8, 4) is 11.5 Å². The standard InChI is InChI=1S/C21H29NO2.ClH/c1-4-22(5-2)14-15-24-21-12-8-19(9-13-21)17(3)16-18-6-10-20(23)11-7-18;/h6-13,17,23H,4-5,14-16H2,1-3H3;1H. The topological polar surface area (TPSA) is 32.7 Å². The van der Waals surface area contributed by atoms with E-state index in [-0.39, 0.29) is 12.4 Å². The number of ether oxygens (including phenoxy) is 1. The Labute approximate surface area is 158 Å². The van der Waals surface area contributed by atoms with Gasteiger partial charge in [-0.15, -0.1) is 12.4 Å². The number of hydrogen-bond donors (Lipinski definition) is 1. The number of rotatable bonds is 9. The molecular weight excluding hydrogens is 334 g/mol. The minimum Gasteiger partial charge on any atom is -0.508 e. The predicted octanol–water partition coefficient (Wildman–Crippen LogP) is 4.88. The normalized spacial score (nSPS) is 11.8. The molecule has 0 heterocycles. The Kier molecular flexibility index (Phi) is 9.40. The number of halogens is 1. The van der Waals surface area contributed by atoms with Crippen LogP contribution in [0.25, 0.3) is 0 Å². The van der Waals surface area contributed by atoms with E-state index in [2.05, 4.69) is 49.9 Å². The Bertz CT molecular complexity index is 594. The monoisotopic (exact) mass is 363 g/mol. The molecule has 2 rings (SSSR count). The number of benzene rings is 2. The fraction of sp³-hybridized carbons (Fsp3) is 0.429. The van der Waals surface area contributed by atoms with Crippen molar-refractivity contribution in [2.75, 3.05) is 26.2 Å². The Morgan fingerprint density at radius 1 is 0.960 bits per heavy atom. The summed E-state index contributed by atoms with van der Waals surface area (Å²) in [6, 6.07) is 15.9. The second-order valence-electron chi connectivity index (χ2n) is 6.22. The van der Waals surface area contributed by atoms with Gasteiger partial charge in [-0.1, -0.05) is 45.0 Å². The first kappa shape index (κ1) is 21.3. The molecule has 2 aromatic rings. The minimum atomic E-state index is 0. The summed E-state index contributed by atoms with van der Waals surface area (Å²) in [6.45, 7) is 10.4. The highest BCUT2D eigenvalue weighted by Gasteiger charge is 2.07. The van der Waals surface area contributed by atoms with Crippen molar-refractivity contribution < 1.29 is 9.84 Å². The Hall–Kier alpha value is -1.71. The second-order valence-corrected chi connectivity index (χ2v) is 6.22. The summed E-state index contributed by atoms with van der Waals surface area (Å²) in [7, 11) is 0. The molecule has 0 radical (unpaired) electrons. The molecule has 138 valence electrons. The summed E-state index contributed by atoms with van der Waals surface area (Å²) in [6.07, 6.45) is 0.961. The molecule has 0 aliphatic carbocycles. The van der Waals surface area contributed by atoms with Gasteiger partial charge in [0.05, 0.1) is 0 Å². The second kappa shape index (κ2) is 11.0. The van der Waals surface area contributed by atoms with Crippen LogP contribution in [0.4, 0.5) is 0 Å². The molecule has 0 aliphatic heterocycles. The molecular formula is C21H30ClNO2. The van der Waals surface area contributed by atoms with Crippen LogP contribution in [0.2, 0.25) is 0 Å². The molecule has 3 nitrogen and oxygen atoms in total. The molecule has 1 N–H and O–H groups in total. The van der Waals surface area contributed by atoms with Crippen LogP contribution in [0.1, 0.15) is 37.8 Å². The highest BCUT2D eigenvalue weighted by atomic mass is 35.5. The molecule has 25 heavy (non-hydrogen) atoms. The lowest BCUT2D eigenvalue weighted by Crippen LogP contribution is -2.27. The summed E-state index contributed by atoms with van der Waals surface area (Å²) in [5.74, 6) is 1.68. The van der Waals surface area contributed by atoms with Gasteiger partial charge in [0.2, 0.25) is 0 Å². The maximum atomic E-state index is 9.36. The van der Waals surface area contributed by atoms with Gasteiger partial charge in [-0.05, 0) is 60.8 Å². The van der Waals surface area contributed by atoms with E-state index in [9.17, 15) is 5.11 Å². The predicted molar refractivity (Wildman–Crippen MR) is 107 cm³/mol. The number of nitrogens with zero attached hydrogens (tertiary/aromatic N) is 1. The number of phenolic OH excluding ortho intramolecular Hbond substituents is 1. The zero-order chi connectivity index (χ0) is 17.4. The fourth-order valence-electron chi connectivity index (χ4n) is 2.83. The third-order valence-electron chi connectivity index (χ3n) is 4.50. The van der Waals surface area contributed by atoms with Crippen LogP contribution in [0.3, 0.4) is 0 Å². The van der Waals surface area contributed by atoms with Gasteiger partial charge in [0.15, 0.2) is 0 Å². The van der Waals surface area contributed by atoms with Crippen LogP contribution >= 0.6 is 12.4 Å².